The number of rotatable bonds is 4. The van der Waals surface area contributed by atoms with Crippen molar-refractivity contribution in [3.05, 3.63) is 28.8 Å². The van der Waals surface area contributed by atoms with E-state index in [-0.39, 0.29) is 12.5 Å². The van der Waals surface area contributed by atoms with Crippen LogP contribution < -0.4 is 4.74 Å². The number of ether oxygens (including phenoxy) is 1. The monoisotopic (exact) mass is 214 g/mol. The molecule has 1 aromatic carbocycles. The first-order chi connectivity index (χ1) is 6.67. The van der Waals surface area contributed by atoms with E-state index in [9.17, 15) is 0 Å². The Morgan fingerprint density at radius 2 is 2.21 bits per heavy atom. The molecule has 0 aliphatic heterocycles. The molecule has 1 N–H and O–H groups in total. The van der Waals surface area contributed by atoms with Gasteiger partial charge < -0.3 is 9.84 Å². The number of hydrogen-bond acceptors (Lipinski definition) is 2. The Morgan fingerprint density at radius 1 is 1.50 bits per heavy atom. The lowest BCUT2D eigenvalue weighted by atomic mass is 10.0. The van der Waals surface area contributed by atoms with Gasteiger partial charge in [-0.15, -0.1) is 0 Å². The van der Waals surface area contributed by atoms with Crippen LogP contribution in [0, 0.1) is 5.92 Å². The smallest absolute Gasteiger partial charge is 0.122 e. The summed E-state index contributed by atoms with van der Waals surface area (Å²) in [5.74, 6) is 1.05. The van der Waals surface area contributed by atoms with Gasteiger partial charge in [-0.1, -0.05) is 18.5 Å². The van der Waals surface area contributed by atoms with Crippen LogP contribution in [0.3, 0.4) is 0 Å². The summed E-state index contributed by atoms with van der Waals surface area (Å²) in [6, 6.07) is 5.53. The van der Waals surface area contributed by atoms with E-state index in [2.05, 4.69) is 0 Å². The standard InChI is InChI=1S/C11H15ClO2/c1-8(7-13)5-9-6-10(12)3-4-11(9)14-2/h3-4,6,8,13H,5,7H2,1-2H3. The maximum Gasteiger partial charge on any atom is 0.122 e. The van der Waals surface area contributed by atoms with E-state index in [4.69, 9.17) is 21.4 Å². The Bertz CT molecular complexity index is 299. The highest BCUT2D eigenvalue weighted by molar-refractivity contribution is 6.30. The number of aliphatic hydroxyl groups is 1. The SMILES string of the molecule is COc1ccc(Cl)cc1CC(C)CO. The number of benzene rings is 1. The molecule has 0 aromatic heterocycles. The first-order valence-corrected chi connectivity index (χ1v) is 4.98. The summed E-state index contributed by atoms with van der Waals surface area (Å²) in [5.41, 5.74) is 1.04. The van der Waals surface area contributed by atoms with E-state index in [1.165, 1.54) is 0 Å². The maximum atomic E-state index is 8.96. The van der Waals surface area contributed by atoms with Gasteiger partial charge >= 0.3 is 0 Å². The van der Waals surface area contributed by atoms with Crippen LogP contribution in [-0.2, 0) is 6.42 Å². The van der Waals surface area contributed by atoms with Crippen molar-refractivity contribution >= 4 is 11.6 Å². The molecule has 1 unspecified atom stereocenters. The van der Waals surface area contributed by atoms with Gasteiger partial charge in [-0.2, -0.15) is 0 Å². The van der Waals surface area contributed by atoms with E-state index in [0.717, 1.165) is 17.7 Å². The van der Waals surface area contributed by atoms with Crippen LogP contribution in [0.2, 0.25) is 5.02 Å². The summed E-state index contributed by atoms with van der Waals surface area (Å²) < 4.78 is 5.21. The quantitative estimate of drug-likeness (QED) is 0.835. The summed E-state index contributed by atoms with van der Waals surface area (Å²) in [7, 11) is 1.64. The van der Waals surface area contributed by atoms with Gasteiger partial charge in [0.1, 0.15) is 5.75 Å². The number of hydrogen-bond donors (Lipinski definition) is 1. The minimum absolute atomic E-state index is 0.176. The fourth-order valence-electron chi connectivity index (χ4n) is 1.35. The molecule has 78 valence electrons. The highest BCUT2D eigenvalue weighted by Gasteiger charge is 2.08. The second-order valence-corrected chi connectivity index (χ2v) is 3.88. The average Bonchev–Trinajstić information content (AvgIpc) is 2.18. The topological polar surface area (TPSA) is 29.5 Å². The van der Waals surface area contributed by atoms with Crippen LogP contribution in [0.1, 0.15) is 12.5 Å². The summed E-state index contributed by atoms with van der Waals surface area (Å²) in [6.07, 6.45) is 0.778. The van der Waals surface area contributed by atoms with Gasteiger partial charge in [0.15, 0.2) is 0 Å². The van der Waals surface area contributed by atoms with Crippen molar-refractivity contribution in [1.29, 1.82) is 0 Å². The largest absolute Gasteiger partial charge is 0.496 e. The highest BCUT2D eigenvalue weighted by atomic mass is 35.5. The Kier molecular flexibility index (Phi) is 4.23. The molecule has 1 aromatic rings. The Morgan fingerprint density at radius 3 is 2.79 bits per heavy atom. The lowest BCUT2D eigenvalue weighted by molar-refractivity contribution is 0.236. The van der Waals surface area contributed by atoms with Gasteiger partial charge in [0.2, 0.25) is 0 Å². The molecule has 1 atom stereocenters. The van der Waals surface area contributed by atoms with Crippen molar-refractivity contribution < 1.29 is 9.84 Å². The minimum atomic E-state index is 0.176. The third-order valence-corrected chi connectivity index (χ3v) is 2.36. The molecule has 1 rings (SSSR count). The van der Waals surface area contributed by atoms with E-state index < -0.39 is 0 Å². The lowest BCUT2D eigenvalue weighted by Gasteiger charge is -2.12. The zero-order valence-electron chi connectivity index (χ0n) is 8.46. The van der Waals surface area contributed by atoms with Gasteiger partial charge in [0.05, 0.1) is 7.11 Å². The van der Waals surface area contributed by atoms with Gasteiger partial charge in [-0.3, -0.25) is 0 Å². The Labute approximate surface area is 89.5 Å². The maximum absolute atomic E-state index is 8.96. The molecule has 0 fully saturated rings. The van der Waals surface area contributed by atoms with E-state index in [1.807, 2.05) is 19.1 Å². The minimum Gasteiger partial charge on any atom is -0.496 e. The van der Waals surface area contributed by atoms with Crippen LogP contribution in [0.4, 0.5) is 0 Å². The van der Waals surface area contributed by atoms with Crippen LogP contribution in [-0.4, -0.2) is 18.8 Å². The number of methoxy groups -OCH3 is 1. The molecule has 0 spiro atoms. The lowest BCUT2D eigenvalue weighted by Crippen LogP contribution is -2.05. The molecule has 2 nitrogen and oxygen atoms in total. The van der Waals surface area contributed by atoms with Crippen molar-refractivity contribution in [2.45, 2.75) is 13.3 Å². The van der Waals surface area contributed by atoms with E-state index >= 15 is 0 Å². The van der Waals surface area contributed by atoms with Gasteiger partial charge in [0.25, 0.3) is 0 Å². The molecule has 0 heterocycles. The van der Waals surface area contributed by atoms with Crippen molar-refractivity contribution in [2.75, 3.05) is 13.7 Å². The number of aliphatic hydroxyl groups excluding tert-OH is 1. The first-order valence-electron chi connectivity index (χ1n) is 4.60. The Balaban J connectivity index is 2.87. The van der Waals surface area contributed by atoms with Crippen molar-refractivity contribution in [3.8, 4) is 5.75 Å². The molecule has 0 amide bonds. The van der Waals surface area contributed by atoms with Crippen LogP contribution >= 0.6 is 11.6 Å². The molecule has 14 heavy (non-hydrogen) atoms. The Hall–Kier alpha value is -0.730. The van der Waals surface area contributed by atoms with Crippen LogP contribution in [0.15, 0.2) is 18.2 Å². The summed E-state index contributed by atoms with van der Waals surface area (Å²) in [5, 5.41) is 9.66. The summed E-state index contributed by atoms with van der Waals surface area (Å²) in [4.78, 5) is 0. The molecule has 0 aliphatic carbocycles. The zero-order valence-corrected chi connectivity index (χ0v) is 9.21. The molecule has 0 saturated carbocycles. The van der Waals surface area contributed by atoms with Crippen LogP contribution in [0.25, 0.3) is 0 Å². The van der Waals surface area contributed by atoms with Gasteiger partial charge in [0, 0.05) is 11.6 Å². The molecule has 0 saturated heterocycles. The van der Waals surface area contributed by atoms with Crippen molar-refractivity contribution in [3.63, 3.8) is 0 Å². The zero-order chi connectivity index (χ0) is 10.6. The predicted octanol–water partition coefficient (Wildman–Crippen LogP) is 2.52. The molecule has 0 bridgehead atoms. The van der Waals surface area contributed by atoms with Crippen LogP contribution in [0.5, 0.6) is 5.75 Å². The van der Waals surface area contributed by atoms with E-state index in [0.29, 0.717) is 5.02 Å². The third-order valence-electron chi connectivity index (χ3n) is 2.12. The molecule has 0 aliphatic rings. The number of halogens is 1. The van der Waals surface area contributed by atoms with Crippen molar-refractivity contribution in [1.82, 2.24) is 0 Å². The second kappa shape index (κ2) is 5.23. The molecular formula is C11H15ClO2. The normalized spacial score (nSPS) is 12.6. The van der Waals surface area contributed by atoms with Gasteiger partial charge in [-0.25, -0.2) is 0 Å². The fourth-order valence-corrected chi connectivity index (χ4v) is 1.54. The molecule has 0 radical (unpaired) electrons. The predicted molar refractivity (Wildman–Crippen MR) is 58.0 cm³/mol. The van der Waals surface area contributed by atoms with Gasteiger partial charge in [-0.05, 0) is 36.1 Å². The summed E-state index contributed by atoms with van der Waals surface area (Å²) >= 11 is 5.88. The van der Waals surface area contributed by atoms with E-state index in [1.54, 1.807) is 13.2 Å². The molecule has 3 heteroatoms. The molecular weight excluding hydrogens is 200 g/mol. The van der Waals surface area contributed by atoms with Crippen molar-refractivity contribution in [2.24, 2.45) is 5.92 Å². The summed E-state index contributed by atoms with van der Waals surface area (Å²) in [6.45, 7) is 2.16. The first kappa shape index (κ1) is 11.3. The average molecular weight is 215 g/mol. The highest BCUT2D eigenvalue weighted by Crippen LogP contribution is 2.24. The third kappa shape index (κ3) is 2.89. The fraction of sp³-hybridized carbons (Fsp3) is 0.455. The second-order valence-electron chi connectivity index (χ2n) is 3.45.